The molecule has 0 saturated heterocycles. The van der Waals surface area contributed by atoms with Crippen LogP contribution in [0.2, 0.25) is 0 Å². The van der Waals surface area contributed by atoms with Gasteiger partial charge in [0.15, 0.2) is 34.9 Å². The van der Waals surface area contributed by atoms with Crippen molar-refractivity contribution in [2.45, 2.75) is 6.92 Å². The van der Waals surface area contributed by atoms with Crippen molar-refractivity contribution in [2.75, 3.05) is 5.75 Å². The van der Waals surface area contributed by atoms with Gasteiger partial charge in [0, 0.05) is 66.2 Å². The summed E-state index contributed by atoms with van der Waals surface area (Å²) in [5.41, 5.74) is 10.3. The van der Waals surface area contributed by atoms with Crippen molar-refractivity contribution in [1.29, 1.82) is 0 Å². The highest BCUT2D eigenvalue weighted by atomic mass is 32.1. The van der Waals surface area contributed by atoms with Gasteiger partial charge in [-0.3, -0.25) is 0 Å². The number of hydrogen-bond acceptors (Lipinski definition) is 7. The molecule has 0 aliphatic carbocycles. The molecule has 12 aromatic rings. The molecule has 0 N–H and O–H groups in total. The Bertz CT molecular complexity index is 3870. The monoisotopic (exact) mass is 906 g/mol. The van der Waals surface area contributed by atoms with Gasteiger partial charge in [-0.25, -0.2) is 29.9 Å². The molecule has 69 heavy (non-hydrogen) atoms. The number of thiol groups is 1. The molecule has 0 atom stereocenters. The maximum atomic E-state index is 5.34. The predicted octanol–water partition coefficient (Wildman–Crippen LogP) is 12.6. The molecule has 0 amide bonds. The van der Waals surface area contributed by atoms with Crippen LogP contribution in [0, 0.1) is 0 Å². The Balaban J connectivity index is 1.19. The average Bonchev–Trinajstić information content (AvgIpc) is 3.91. The lowest BCUT2D eigenvalue weighted by atomic mass is 10.1. The minimum absolute atomic E-state index is 0.500. The van der Waals surface area contributed by atoms with Crippen LogP contribution in [0.4, 0.5) is 0 Å². The smallest absolute Gasteiger partial charge is 0.166 e. The molecule has 0 aliphatic rings. The number of nitrogens with zero attached hydrogens (tertiary/aromatic N) is 8. The van der Waals surface area contributed by atoms with Gasteiger partial charge in [0.2, 0.25) is 0 Å². The highest BCUT2D eigenvalue weighted by molar-refractivity contribution is 7.80. The van der Waals surface area contributed by atoms with Crippen LogP contribution in [0.25, 0.3) is 125 Å². The van der Waals surface area contributed by atoms with E-state index in [1.165, 1.54) is 10.8 Å². The third-order valence-corrected chi connectivity index (χ3v) is 12.7. The Morgan fingerprint density at radius 2 is 0.841 bits per heavy atom. The summed E-state index contributed by atoms with van der Waals surface area (Å²) in [6.07, 6.45) is 4.39. The highest BCUT2D eigenvalue weighted by Crippen LogP contribution is 2.37. The lowest BCUT2D eigenvalue weighted by Gasteiger charge is -2.16. The summed E-state index contributed by atoms with van der Waals surface area (Å²) < 4.78 is 4.71. The van der Waals surface area contributed by atoms with Crippen LogP contribution in [0.5, 0.6) is 0 Å². The van der Waals surface area contributed by atoms with E-state index in [-0.39, 0.29) is 0 Å². The first-order chi connectivity index (χ1) is 34.1. The molecule has 9 heteroatoms. The van der Waals surface area contributed by atoms with Gasteiger partial charge in [0.05, 0.1) is 27.6 Å². The molecule has 0 spiro atoms. The summed E-state index contributed by atoms with van der Waals surface area (Å²) in [4.78, 5) is 31.1. The summed E-state index contributed by atoms with van der Waals surface area (Å²) in [5, 5.41) is 5.60. The second kappa shape index (κ2) is 17.8. The van der Waals surface area contributed by atoms with Crippen LogP contribution in [0.15, 0.2) is 206 Å². The molecule has 0 saturated carbocycles. The molecule has 328 valence electrons. The fourth-order valence-electron chi connectivity index (χ4n) is 9.41. The van der Waals surface area contributed by atoms with E-state index in [0.29, 0.717) is 40.7 Å². The zero-order valence-electron chi connectivity index (χ0n) is 37.5. The van der Waals surface area contributed by atoms with Crippen molar-refractivity contribution in [3.8, 4) is 79.7 Å². The first-order valence-corrected chi connectivity index (χ1v) is 23.6. The van der Waals surface area contributed by atoms with Crippen LogP contribution >= 0.6 is 12.6 Å². The van der Waals surface area contributed by atoms with Crippen molar-refractivity contribution in [3.63, 3.8) is 0 Å². The van der Waals surface area contributed by atoms with Crippen molar-refractivity contribution in [1.82, 2.24) is 39.0 Å². The van der Waals surface area contributed by atoms with E-state index in [9.17, 15) is 0 Å². The number of benzene rings is 8. The molecule has 0 radical (unpaired) electrons. The molecule has 4 heterocycles. The molecule has 0 bridgehead atoms. The van der Waals surface area contributed by atoms with Gasteiger partial charge < -0.3 is 9.13 Å². The van der Waals surface area contributed by atoms with Crippen LogP contribution in [-0.2, 0) is 0 Å². The summed E-state index contributed by atoms with van der Waals surface area (Å²) in [6.45, 7) is 2.11. The summed E-state index contributed by atoms with van der Waals surface area (Å²) in [5.74, 6) is 3.81. The minimum atomic E-state index is 0.500. The van der Waals surface area contributed by atoms with Crippen molar-refractivity contribution >= 4 is 57.5 Å². The normalized spacial score (nSPS) is 12.1. The molecule has 0 fully saturated rings. The van der Waals surface area contributed by atoms with Gasteiger partial charge >= 0.3 is 0 Å². The van der Waals surface area contributed by atoms with E-state index in [1.807, 2.05) is 121 Å². The Kier molecular flexibility index (Phi) is 10.7. The molecule has 4 aromatic heterocycles. The van der Waals surface area contributed by atoms with Crippen LogP contribution < -0.4 is 10.6 Å². The van der Waals surface area contributed by atoms with Gasteiger partial charge in [-0.15, -0.1) is 0 Å². The van der Waals surface area contributed by atoms with Crippen molar-refractivity contribution in [3.05, 3.63) is 217 Å². The fraction of sp³-hybridized carbons (Fsp3) is 0.0333. The Morgan fingerprint density at radius 3 is 1.35 bits per heavy atom. The molecule has 0 aliphatic heterocycles. The topological polar surface area (TPSA) is 87.2 Å². The van der Waals surface area contributed by atoms with Gasteiger partial charge in [0.1, 0.15) is 0 Å². The zero-order chi connectivity index (χ0) is 46.3. The molecule has 0 unspecified atom stereocenters. The van der Waals surface area contributed by atoms with E-state index < -0.39 is 0 Å². The third-order valence-electron chi connectivity index (χ3n) is 12.6. The lowest BCUT2D eigenvalue weighted by Crippen LogP contribution is -2.29. The van der Waals surface area contributed by atoms with E-state index in [4.69, 9.17) is 42.5 Å². The molecular formula is C60H42N8S. The summed E-state index contributed by atoms with van der Waals surface area (Å²) in [6, 6.07) is 70.5. The van der Waals surface area contributed by atoms with Crippen LogP contribution in [0.1, 0.15) is 6.92 Å². The zero-order valence-corrected chi connectivity index (χ0v) is 38.4. The maximum absolute atomic E-state index is 5.34. The second-order valence-corrected chi connectivity index (χ2v) is 17.1. The quantitative estimate of drug-likeness (QED) is 0.145. The van der Waals surface area contributed by atoms with Crippen molar-refractivity contribution < 1.29 is 0 Å². The minimum Gasteiger partial charge on any atom is -0.309 e. The first-order valence-electron chi connectivity index (χ1n) is 22.9. The number of fused-ring (bicyclic) bond motifs is 4. The SMILES string of the molecule is C/C=c1\c(=C/CS)n(-c2ccc(-c3nc(-c4ccccc4)nc(-c4ccccc4)n3)cc2-c2nc(-c3ccccc3)nc(-c3ccccc3)n2)c2cc3c(cc12)c1ccccc1n3-c1ccccc1. The van der Waals surface area contributed by atoms with E-state index >= 15 is 0 Å². The predicted molar refractivity (Wildman–Crippen MR) is 285 cm³/mol. The Hall–Kier alpha value is -8.79. The molecule has 8 nitrogen and oxygen atoms in total. The Labute approximate surface area is 403 Å². The molecule has 8 aromatic carbocycles. The van der Waals surface area contributed by atoms with E-state index in [2.05, 4.69) is 113 Å². The lowest BCUT2D eigenvalue weighted by molar-refractivity contribution is 1.04. The number of rotatable bonds is 9. The fourth-order valence-corrected chi connectivity index (χ4v) is 9.59. The largest absolute Gasteiger partial charge is 0.309 e. The molecular weight excluding hydrogens is 865 g/mol. The van der Waals surface area contributed by atoms with E-state index in [1.54, 1.807) is 0 Å². The highest BCUT2D eigenvalue weighted by Gasteiger charge is 2.23. The number of hydrogen-bond donors (Lipinski definition) is 1. The summed E-state index contributed by atoms with van der Waals surface area (Å²) in [7, 11) is 0. The molecule has 12 rings (SSSR count). The van der Waals surface area contributed by atoms with Crippen molar-refractivity contribution in [2.24, 2.45) is 0 Å². The van der Waals surface area contributed by atoms with Gasteiger partial charge in [0.25, 0.3) is 0 Å². The van der Waals surface area contributed by atoms with Gasteiger partial charge in [-0.05, 0) is 55.5 Å². The number of para-hydroxylation sites is 2. The van der Waals surface area contributed by atoms with Gasteiger partial charge in [-0.2, -0.15) is 12.6 Å². The maximum Gasteiger partial charge on any atom is 0.166 e. The summed E-state index contributed by atoms with van der Waals surface area (Å²) >= 11 is 4.83. The first kappa shape index (κ1) is 41.6. The standard InChI is InChI=1S/C60H42N8S/c1-2-45-47-37-48-46-30-18-19-31-50(46)67(44-28-16-7-17-29-44)53(48)38-54(47)68(52(45)34-35-69)51-33-32-43(59-63-55(39-20-8-3-9-21-39)61-56(64-59)40-22-10-4-11-23-40)36-49(51)60-65-57(41-24-12-5-13-25-41)62-58(66-60)42-26-14-6-15-27-42/h2-34,36-38,69H,35H2,1H3/b45-2-,52-34+. The Morgan fingerprint density at radius 1 is 0.391 bits per heavy atom. The van der Waals surface area contributed by atoms with E-state index in [0.717, 1.165) is 77.3 Å². The second-order valence-electron chi connectivity index (χ2n) is 16.7. The van der Waals surface area contributed by atoms with Crippen LogP contribution in [-0.4, -0.2) is 44.8 Å². The average molecular weight is 907 g/mol. The number of aromatic nitrogens is 8. The van der Waals surface area contributed by atoms with Crippen LogP contribution in [0.3, 0.4) is 0 Å². The third kappa shape index (κ3) is 7.55. The van der Waals surface area contributed by atoms with Gasteiger partial charge in [-0.1, -0.05) is 170 Å².